The molecule has 1 aromatic rings. The molecule has 2 unspecified atom stereocenters. The highest BCUT2D eigenvalue weighted by atomic mass is 16.5. The highest BCUT2D eigenvalue weighted by Gasteiger charge is 2.38. The molecule has 0 amide bonds. The van der Waals surface area contributed by atoms with Crippen LogP contribution in [-0.4, -0.2) is 33.8 Å². The van der Waals surface area contributed by atoms with Gasteiger partial charge in [0, 0.05) is 11.5 Å². The Balaban J connectivity index is 2.06. The van der Waals surface area contributed by atoms with Crippen LogP contribution in [-0.2, 0) is 0 Å². The first-order valence-corrected chi connectivity index (χ1v) is 6.89. The quantitative estimate of drug-likeness (QED) is 0.854. The Bertz CT molecular complexity index is 425. The van der Waals surface area contributed by atoms with Crippen LogP contribution in [0.4, 0.5) is 5.82 Å². The minimum atomic E-state index is -0.0728. The van der Waals surface area contributed by atoms with Crippen LogP contribution in [0.2, 0.25) is 0 Å². The number of aliphatic hydroxyl groups is 1. The third-order valence-electron chi connectivity index (χ3n) is 3.73. The Morgan fingerprint density at radius 2 is 2.32 bits per heavy atom. The second-order valence-electron chi connectivity index (χ2n) is 5.81. The SMILES string of the molecule is CC(C)Oc1cncc(NC2CCCC2(C)CO)n1. The molecule has 1 fully saturated rings. The predicted molar refractivity (Wildman–Crippen MR) is 74.3 cm³/mol. The van der Waals surface area contributed by atoms with Gasteiger partial charge in [0.1, 0.15) is 5.82 Å². The van der Waals surface area contributed by atoms with Crippen LogP contribution in [0.3, 0.4) is 0 Å². The summed E-state index contributed by atoms with van der Waals surface area (Å²) < 4.78 is 5.53. The van der Waals surface area contributed by atoms with Crippen LogP contribution in [0.15, 0.2) is 12.4 Å². The summed E-state index contributed by atoms with van der Waals surface area (Å²) in [7, 11) is 0. The Morgan fingerprint density at radius 1 is 1.53 bits per heavy atom. The Labute approximate surface area is 114 Å². The number of aliphatic hydroxyl groups excluding tert-OH is 1. The summed E-state index contributed by atoms with van der Waals surface area (Å²) in [6.07, 6.45) is 6.61. The molecule has 5 heteroatoms. The third-order valence-corrected chi connectivity index (χ3v) is 3.73. The molecule has 19 heavy (non-hydrogen) atoms. The third kappa shape index (κ3) is 3.35. The van der Waals surface area contributed by atoms with E-state index >= 15 is 0 Å². The molecule has 2 rings (SSSR count). The van der Waals surface area contributed by atoms with Crippen molar-refractivity contribution < 1.29 is 9.84 Å². The molecule has 2 atom stereocenters. The van der Waals surface area contributed by atoms with Gasteiger partial charge in [-0.1, -0.05) is 13.3 Å². The van der Waals surface area contributed by atoms with Gasteiger partial charge in [-0.3, -0.25) is 4.98 Å². The van der Waals surface area contributed by atoms with E-state index < -0.39 is 0 Å². The second-order valence-corrected chi connectivity index (χ2v) is 5.81. The van der Waals surface area contributed by atoms with Crippen molar-refractivity contribution in [2.45, 2.75) is 52.2 Å². The van der Waals surface area contributed by atoms with Crippen molar-refractivity contribution in [2.24, 2.45) is 5.41 Å². The number of aromatic nitrogens is 2. The molecule has 106 valence electrons. The van der Waals surface area contributed by atoms with E-state index in [1.54, 1.807) is 12.4 Å². The lowest BCUT2D eigenvalue weighted by Gasteiger charge is -2.30. The summed E-state index contributed by atoms with van der Waals surface area (Å²) in [6, 6.07) is 0.237. The number of nitrogens with one attached hydrogen (secondary N) is 1. The van der Waals surface area contributed by atoms with Gasteiger partial charge in [0.2, 0.25) is 5.88 Å². The second kappa shape index (κ2) is 5.74. The standard InChI is InChI=1S/C14H23N3O2/c1-10(2)19-13-8-15-7-12(17-13)16-11-5-4-6-14(11,3)9-18/h7-8,10-11,18H,4-6,9H2,1-3H3,(H,16,17). The van der Waals surface area contributed by atoms with Crippen LogP contribution in [0, 0.1) is 5.41 Å². The molecule has 1 aliphatic carbocycles. The zero-order valence-corrected chi connectivity index (χ0v) is 11.9. The van der Waals surface area contributed by atoms with Crippen molar-refractivity contribution >= 4 is 5.82 Å². The van der Waals surface area contributed by atoms with E-state index in [-0.39, 0.29) is 24.2 Å². The van der Waals surface area contributed by atoms with Crippen LogP contribution < -0.4 is 10.1 Å². The fourth-order valence-electron chi connectivity index (χ4n) is 2.56. The topological polar surface area (TPSA) is 67.3 Å². The Hall–Kier alpha value is -1.36. The van der Waals surface area contributed by atoms with Gasteiger partial charge < -0.3 is 15.2 Å². The van der Waals surface area contributed by atoms with E-state index in [0.29, 0.717) is 11.7 Å². The first-order valence-electron chi connectivity index (χ1n) is 6.89. The maximum Gasteiger partial charge on any atom is 0.234 e. The molecule has 0 spiro atoms. The summed E-state index contributed by atoms with van der Waals surface area (Å²) in [5.41, 5.74) is -0.0728. The van der Waals surface area contributed by atoms with E-state index in [1.165, 1.54) is 0 Å². The maximum absolute atomic E-state index is 9.55. The molecule has 1 heterocycles. The van der Waals surface area contributed by atoms with Gasteiger partial charge in [-0.05, 0) is 26.7 Å². The van der Waals surface area contributed by atoms with E-state index in [0.717, 1.165) is 19.3 Å². The predicted octanol–water partition coefficient (Wildman–Crippen LogP) is 2.23. The molecule has 0 aromatic carbocycles. The highest BCUT2D eigenvalue weighted by molar-refractivity contribution is 5.35. The van der Waals surface area contributed by atoms with Crippen molar-refractivity contribution in [3.63, 3.8) is 0 Å². The van der Waals surface area contributed by atoms with Gasteiger partial charge in [0.05, 0.1) is 25.1 Å². The average molecular weight is 265 g/mol. The Morgan fingerprint density at radius 3 is 3.00 bits per heavy atom. The highest BCUT2D eigenvalue weighted by Crippen LogP contribution is 2.38. The number of hydrogen-bond acceptors (Lipinski definition) is 5. The van der Waals surface area contributed by atoms with E-state index in [2.05, 4.69) is 22.2 Å². The van der Waals surface area contributed by atoms with Crippen molar-refractivity contribution in [2.75, 3.05) is 11.9 Å². The van der Waals surface area contributed by atoms with Crippen molar-refractivity contribution in [1.82, 2.24) is 9.97 Å². The molecule has 5 nitrogen and oxygen atoms in total. The number of ether oxygens (including phenoxy) is 1. The molecule has 0 radical (unpaired) electrons. The maximum atomic E-state index is 9.55. The summed E-state index contributed by atoms with van der Waals surface area (Å²) in [6.45, 7) is 6.23. The number of nitrogens with zero attached hydrogens (tertiary/aromatic N) is 2. The van der Waals surface area contributed by atoms with Crippen molar-refractivity contribution in [3.8, 4) is 5.88 Å². The van der Waals surface area contributed by atoms with Crippen LogP contribution in [0.1, 0.15) is 40.0 Å². The van der Waals surface area contributed by atoms with Gasteiger partial charge in [-0.2, -0.15) is 4.98 Å². The summed E-state index contributed by atoms with van der Waals surface area (Å²) in [4.78, 5) is 8.54. The summed E-state index contributed by atoms with van der Waals surface area (Å²) >= 11 is 0. The van der Waals surface area contributed by atoms with Crippen molar-refractivity contribution in [3.05, 3.63) is 12.4 Å². The molecule has 0 aliphatic heterocycles. The zero-order chi connectivity index (χ0) is 13.9. The molecule has 1 aromatic heterocycles. The van der Waals surface area contributed by atoms with E-state index in [1.807, 2.05) is 13.8 Å². The first-order chi connectivity index (χ1) is 9.03. The fourth-order valence-corrected chi connectivity index (χ4v) is 2.56. The van der Waals surface area contributed by atoms with Gasteiger partial charge in [-0.25, -0.2) is 0 Å². The lowest BCUT2D eigenvalue weighted by atomic mass is 9.86. The molecule has 0 bridgehead atoms. The molecule has 2 N–H and O–H groups in total. The van der Waals surface area contributed by atoms with Crippen LogP contribution >= 0.6 is 0 Å². The molecular formula is C14H23N3O2. The monoisotopic (exact) mass is 265 g/mol. The summed E-state index contributed by atoms with van der Waals surface area (Å²) in [5, 5.41) is 12.9. The van der Waals surface area contributed by atoms with Crippen LogP contribution in [0.25, 0.3) is 0 Å². The molecule has 1 aliphatic rings. The fraction of sp³-hybridized carbons (Fsp3) is 0.714. The minimum absolute atomic E-state index is 0.0728. The average Bonchev–Trinajstić information content (AvgIpc) is 2.71. The number of anilines is 1. The molecule has 0 saturated heterocycles. The van der Waals surface area contributed by atoms with Gasteiger partial charge in [0.25, 0.3) is 0 Å². The first kappa shape index (κ1) is 14.1. The largest absolute Gasteiger partial charge is 0.474 e. The number of hydrogen-bond donors (Lipinski definition) is 2. The van der Waals surface area contributed by atoms with Crippen LogP contribution in [0.5, 0.6) is 5.88 Å². The molecular weight excluding hydrogens is 242 g/mol. The Kier molecular flexibility index (Phi) is 4.24. The lowest BCUT2D eigenvalue weighted by molar-refractivity contribution is 0.138. The normalized spacial score (nSPS) is 26.7. The smallest absolute Gasteiger partial charge is 0.234 e. The van der Waals surface area contributed by atoms with E-state index in [4.69, 9.17) is 4.74 Å². The van der Waals surface area contributed by atoms with Crippen molar-refractivity contribution in [1.29, 1.82) is 0 Å². The lowest BCUT2D eigenvalue weighted by Crippen LogP contribution is -2.36. The number of rotatable bonds is 5. The molecule has 1 saturated carbocycles. The minimum Gasteiger partial charge on any atom is -0.474 e. The summed E-state index contributed by atoms with van der Waals surface area (Å²) in [5.74, 6) is 1.24. The zero-order valence-electron chi connectivity index (χ0n) is 11.9. The van der Waals surface area contributed by atoms with Gasteiger partial charge >= 0.3 is 0 Å². The van der Waals surface area contributed by atoms with E-state index in [9.17, 15) is 5.11 Å². The van der Waals surface area contributed by atoms with Gasteiger partial charge in [0.15, 0.2) is 0 Å². The van der Waals surface area contributed by atoms with Gasteiger partial charge in [-0.15, -0.1) is 0 Å².